The van der Waals surface area contributed by atoms with E-state index in [1.807, 2.05) is 0 Å². The molecule has 3 heteroatoms. The molecule has 1 atom stereocenters. The summed E-state index contributed by atoms with van der Waals surface area (Å²) in [6.07, 6.45) is 1.00. The third kappa shape index (κ3) is 1.92. The standard InChI is InChI=1S/C12H18N2O/c1-14(2)10-3-4-12-11(7-10)9(5-6-13)8-15-12/h3-4,7,9H,5-6,8,13H2,1-2H3. The molecule has 0 amide bonds. The highest BCUT2D eigenvalue weighted by molar-refractivity contribution is 5.54. The lowest BCUT2D eigenvalue weighted by molar-refractivity contribution is 0.326. The van der Waals surface area contributed by atoms with Crippen LogP contribution in [-0.4, -0.2) is 27.2 Å². The van der Waals surface area contributed by atoms with Gasteiger partial charge in [-0.3, -0.25) is 0 Å². The maximum atomic E-state index is 5.62. The van der Waals surface area contributed by atoms with Crippen LogP contribution in [0.1, 0.15) is 17.9 Å². The second-order valence-electron chi connectivity index (χ2n) is 4.20. The molecule has 0 aromatic heterocycles. The molecule has 1 aliphatic rings. The second-order valence-corrected chi connectivity index (χ2v) is 4.20. The van der Waals surface area contributed by atoms with E-state index in [-0.39, 0.29) is 0 Å². The van der Waals surface area contributed by atoms with Crippen LogP contribution in [0.4, 0.5) is 5.69 Å². The summed E-state index contributed by atoms with van der Waals surface area (Å²) in [6.45, 7) is 1.50. The van der Waals surface area contributed by atoms with Gasteiger partial charge in [-0.2, -0.15) is 0 Å². The van der Waals surface area contributed by atoms with Crippen LogP contribution >= 0.6 is 0 Å². The SMILES string of the molecule is CN(C)c1ccc2c(c1)C(CCN)CO2. The van der Waals surface area contributed by atoms with Gasteiger partial charge in [0.25, 0.3) is 0 Å². The Morgan fingerprint density at radius 2 is 2.27 bits per heavy atom. The van der Waals surface area contributed by atoms with Gasteiger partial charge in [0.05, 0.1) is 6.61 Å². The van der Waals surface area contributed by atoms with E-state index in [0.29, 0.717) is 5.92 Å². The monoisotopic (exact) mass is 206 g/mol. The molecule has 3 nitrogen and oxygen atoms in total. The summed E-state index contributed by atoms with van der Waals surface area (Å²) in [5.41, 5.74) is 8.13. The fraction of sp³-hybridized carbons (Fsp3) is 0.500. The number of rotatable bonds is 3. The van der Waals surface area contributed by atoms with Gasteiger partial charge in [0.2, 0.25) is 0 Å². The predicted octanol–water partition coefficient (Wildman–Crippen LogP) is 1.58. The zero-order valence-electron chi connectivity index (χ0n) is 9.36. The minimum absolute atomic E-state index is 0.477. The van der Waals surface area contributed by atoms with Gasteiger partial charge < -0.3 is 15.4 Å². The molecular weight excluding hydrogens is 188 g/mol. The summed E-state index contributed by atoms with van der Waals surface area (Å²) < 4.78 is 5.62. The third-order valence-electron chi connectivity index (χ3n) is 2.90. The van der Waals surface area contributed by atoms with E-state index in [1.54, 1.807) is 0 Å². The number of ether oxygens (including phenoxy) is 1. The predicted molar refractivity (Wildman–Crippen MR) is 62.7 cm³/mol. The molecule has 1 aromatic rings. The molecule has 0 bridgehead atoms. The van der Waals surface area contributed by atoms with Crippen LogP contribution in [0.25, 0.3) is 0 Å². The van der Waals surface area contributed by atoms with E-state index in [0.717, 1.165) is 25.3 Å². The van der Waals surface area contributed by atoms with Gasteiger partial charge in [-0.15, -0.1) is 0 Å². The lowest BCUT2D eigenvalue weighted by Gasteiger charge is -2.14. The van der Waals surface area contributed by atoms with Crippen molar-refractivity contribution >= 4 is 5.69 Å². The van der Waals surface area contributed by atoms with Crippen LogP contribution in [0.5, 0.6) is 5.75 Å². The highest BCUT2D eigenvalue weighted by Gasteiger charge is 2.23. The van der Waals surface area contributed by atoms with Gasteiger partial charge in [-0.25, -0.2) is 0 Å². The van der Waals surface area contributed by atoms with Crippen molar-refractivity contribution in [2.75, 3.05) is 32.1 Å². The summed E-state index contributed by atoms with van der Waals surface area (Å²) in [6, 6.07) is 6.35. The van der Waals surface area contributed by atoms with Crippen LogP contribution < -0.4 is 15.4 Å². The molecule has 0 fully saturated rings. The van der Waals surface area contributed by atoms with Gasteiger partial charge in [-0.05, 0) is 31.2 Å². The van der Waals surface area contributed by atoms with Crippen molar-refractivity contribution in [3.05, 3.63) is 23.8 Å². The maximum absolute atomic E-state index is 5.62. The van der Waals surface area contributed by atoms with Crippen LogP contribution in [0, 0.1) is 0 Å². The Kier molecular flexibility index (Phi) is 2.82. The van der Waals surface area contributed by atoms with Gasteiger partial charge in [0, 0.05) is 31.3 Å². The van der Waals surface area contributed by atoms with Gasteiger partial charge in [-0.1, -0.05) is 0 Å². The molecular formula is C12H18N2O. The fourth-order valence-corrected chi connectivity index (χ4v) is 1.98. The normalized spacial score (nSPS) is 18.5. The minimum atomic E-state index is 0.477. The first-order chi connectivity index (χ1) is 7.22. The Morgan fingerprint density at radius 1 is 1.47 bits per heavy atom. The molecule has 2 rings (SSSR count). The van der Waals surface area contributed by atoms with Crippen LogP contribution in [0.15, 0.2) is 18.2 Å². The Balaban J connectivity index is 2.29. The minimum Gasteiger partial charge on any atom is -0.493 e. The molecule has 0 saturated carbocycles. The van der Waals surface area contributed by atoms with Gasteiger partial charge >= 0.3 is 0 Å². The lowest BCUT2D eigenvalue weighted by atomic mass is 9.97. The topological polar surface area (TPSA) is 38.5 Å². The van der Waals surface area contributed by atoms with Crippen LogP contribution in [0.2, 0.25) is 0 Å². The van der Waals surface area contributed by atoms with Crippen molar-refractivity contribution in [1.29, 1.82) is 0 Å². The van der Waals surface area contributed by atoms with Crippen molar-refractivity contribution in [2.45, 2.75) is 12.3 Å². The summed E-state index contributed by atoms with van der Waals surface area (Å²) in [7, 11) is 4.10. The summed E-state index contributed by atoms with van der Waals surface area (Å²) in [5.74, 6) is 1.50. The molecule has 15 heavy (non-hydrogen) atoms. The average Bonchev–Trinajstić information content (AvgIpc) is 2.61. The number of anilines is 1. The van der Waals surface area contributed by atoms with Crippen molar-refractivity contribution in [3.63, 3.8) is 0 Å². The summed E-state index contributed by atoms with van der Waals surface area (Å²) in [5, 5.41) is 0. The Hall–Kier alpha value is -1.22. The van der Waals surface area contributed by atoms with Crippen LogP contribution in [0.3, 0.4) is 0 Å². The number of nitrogens with zero attached hydrogens (tertiary/aromatic N) is 1. The molecule has 1 aromatic carbocycles. The smallest absolute Gasteiger partial charge is 0.123 e. The van der Waals surface area contributed by atoms with Crippen molar-refractivity contribution in [2.24, 2.45) is 5.73 Å². The first-order valence-corrected chi connectivity index (χ1v) is 5.36. The highest BCUT2D eigenvalue weighted by Crippen LogP contribution is 2.37. The van der Waals surface area contributed by atoms with E-state index < -0.39 is 0 Å². The van der Waals surface area contributed by atoms with E-state index in [9.17, 15) is 0 Å². The molecule has 2 N–H and O–H groups in total. The van der Waals surface area contributed by atoms with Gasteiger partial charge in [0.1, 0.15) is 5.75 Å². The van der Waals surface area contributed by atoms with Crippen LogP contribution in [-0.2, 0) is 0 Å². The second kappa shape index (κ2) is 4.11. The molecule has 0 radical (unpaired) electrons. The fourth-order valence-electron chi connectivity index (χ4n) is 1.98. The Labute approximate surface area is 90.8 Å². The molecule has 1 aliphatic heterocycles. The number of benzene rings is 1. The van der Waals surface area contributed by atoms with E-state index in [1.165, 1.54) is 11.3 Å². The van der Waals surface area contributed by atoms with E-state index in [4.69, 9.17) is 10.5 Å². The quantitative estimate of drug-likeness (QED) is 0.816. The van der Waals surface area contributed by atoms with Crippen molar-refractivity contribution in [1.82, 2.24) is 0 Å². The lowest BCUT2D eigenvalue weighted by Crippen LogP contribution is -2.10. The maximum Gasteiger partial charge on any atom is 0.123 e. The largest absolute Gasteiger partial charge is 0.493 e. The summed E-state index contributed by atoms with van der Waals surface area (Å²) >= 11 is 0. The molecule has 0 saturated heterocycles. The highest BCUT2D eigenvalue weighted by atomic mass is 16.5. The number of fused-ring (bicyclic) bond motifs is 1. The van der Waals surface area contributed by atoms with E-state index >= 15 is 0 Å². The first kappa shape index (κ1) is 10.3. The Bertz CT molecular complexity index is 347. The molecule has 0 spiro atoms. The number of nitrogens with two attached hydrogens (primary N) is 1. The zero-order valence-corrected chi connectivity index (χ0v) is 9.36. The molecule has 82 valence electrons. The van der Waals surface area contributed by atoms with E-state index in [2.05, 4.69) is 37.2 Å². The van der Waals surface area contributed by atoms with Crippen molar-refractivity contribution < 1.29 is 4.74 Å². The summed E-state index contributed by atoms with van der Waals surface area (Å²) in [4.78, 5) is 2.11. The molecule has 1 heterocycles. The average molecular weight is 206 g/mol. The third-order valence-corrected chi connectivity index (χ3v) is 2.90. The van der Waals surface area contributed by atoms with Gasteiger partial charge in [0.15, 0.2) is 0 Å². The zero-order chi connectivity index (χ0) is 10.8. The number of hydrogen-bond acceptors (Lipinski definition) is 3. The Morgan fingerprint density at radius 3 is 2.93 bits per heavy atom. The number of hydrogen-bond donors (Lipinski definition) is 1. The molecule has 0 aliphatic carbocycles. The molecule has 1 unspecified atom stereocenters. The first-order valence-electron chi connectivity index (χ1n) is 5.36. The van der Waals surface area contributed by atoms with Crippen molar-refractivity contribution in [3.8, 4) is 5.75 Å².